The molecule has 5 atom stereocenters. The lowest BCUT2D eigenvalue weighted by molar-refractivity contribution is -0.277. The van der Waals surface area contributed by atoms with Crippen LogP contribution in [0.2, 0.25) is 0 Å². The SMILES string of the molecule is COc1cc2c(ccc3cc(O[C@@H]4O[C@H](CO)[C@@H](O)[C@H](O)[C@H]4O)c(OC)c(OC)c32)cc1O. The second-order valence-electron chi connectivity index (χ2n) is 7.67. The van der Waals surface area contributed by atoms with Gasteiger partial charge >= 0.3 is 0 Å². The average Bonchev–Trinajstić information content (AvgIpc) is 2.82. The van der Waals surface area contributed by atoms with Crippen LogP contribution in [0.5, 0.6) is 28.7 Å². The maximum Gasteiger partial charge on any atom is 0.229 e. The number of methoxy groups -OCH3 is 3. The van der Waals surface area contributed by atoms with Gasteiger partial charge in [-0.3, -0.25) is 0 Å². The zero-order valence-electron chi connectivity index (χ0n) is 18.3. The molecule has 0 unspecified atom stereocenters. The Morgan fingerprint density at radius 3 is 2.15 bits per heavy atom. The molecule has 0 saturated carbocycles. The normalized spacial score (nSPS) is 25.2. The molecule has 0 bridgehead atoms. The fraction of sp³-hybridized carbons (Fsp3) is 0.391. The summed E-state index contributed by atoms with van der Waals surface area (Å²) >= 11 is 0. The van der Waals surface area contributed by atoms with E-state index in [1.165, 1.54) is 21.3 Å². The van der Waals surface area contributed by atoms with E-state index in [9.17, 15) is 25.5 Å². The molecule has 1 heterocycles. The van der Waals surface area contributed by atoms with E-state index in [0.717, 1.165) is 10.8 Å². The topological polar surface area (TPSA) is 147 Å². The van der Waals surface area contributed by atoms with Crippen molar-refractivity contribution in [1.82, 2.24) is 0 Å². The first-order chi connectivity index (χ1) is 15.8. The third kappa shape index (κ3) is 3.85. The highest BCUT2D eigenvalue weighted by molar-refractivity contribution is 6.13. The molecule has 3 aromatic carbocycles. The van der Waals surface area contributed by atoms with Crippen molar-refractivity contribution in [3.05, 3.63) is 30.3 Å². The third-order valence-electron chi connectivity index (χ3n) is 5.79. The van der Waals surface area contributed by atoms with Crippen LogP contribution in [0.15, 0.2) is 30.3 Å². The molecule has 1 saturated heterocycles. The standard InChI is InChI=1S/C23H26O10/c1-29-14-8-12-10(6-13(14)25)4-5-11-7-15(21(30-2)22(31-3)17(11)12)32-23-20(28)19(27)18(26)16(9-24)33-23/h4-8,16,18-20,23-28H,9H2,1-3H3/t16-,18-,19+,20-,23-/m1/s1. The summed E-state index contributed by atoms with van der Waals surface area (Å²) in [4.78, 5) is 0. The van der Waals surface area contributed by atoms with Gasteiger partial charge in [-0.1, -0.05) is 12.1 Å². The minimum Gasteiger partial charge on any atom is -0.504 e. The fourth-order valence-corrected chi connectivity index (χ4v) is 4.09. The van der Waals surface area contributed by atoms with Crippen LogP contribution in [0.3, 0.4) is 0 Å². The Labute approximate surface area is 189 Å². The molecule has 0 aliphatic carbocycles. The van der Waals surface area contributed by atoms with Gasteiger partial charge in [-0.25, -0.2) is 0 Å². The van der Waals surface area contributed by atoms with Crippen LogP contribution in [0.25, 0.3) is 21.5 Å². The molecule has 10 nitrogen and oxygen atoms in total. The molecule has 1 aliphatic heterocycles. The van der Waals surface area contributed by atoms with Gasteiger partial charge in [0.2, 0.25) is 12.0 Å². The van der Waals surface area contributed by atoms with E-state index in [-0.39, 0.29) is 23.0 Å². The van der Waals surface area contributed by atoms with Crippen molar-refractivity contribution in [2.75, 3.05) is 27.9 Å². The van der Waals surface area contributed by atoms with Gasteiger partial charge in [-0.05, 0) is 34.4 Å². The van der Waals surface area contributed by atoms with E-state index in [2.05, 4.69) is 0 Å². The molecule has 33 heavy (non-hydrogen) atoms. The van der Waals surface area contributed by atoms with Gasteiger partial charge in [0, 0.05) is 5.39 Å². The predicted octanol–water partition coefficient (Wildman–Crippen LogP) is 0.903. The van der Waals surface area contributed by atoms with Gasteiger partial charge in [0.15, 0.2) is 23.0 Å². The van der Waals surface area contributed by atoms with Gasteiger partial charge in [0.1, 0.15) is 24.4 Å². The van der Waals surface area contributed by atoms with Crippen LogP contribution in [-0.4, -0.2) is 84.2 Å². The summed E-state index contributed by atoms with van der Waals surface area (Å²) in [7, 11) is 4.34. The van der Waals surface area contributed by atoms with Gasteiger partial charge in [-0.15, -0.1) is 0 Å². The van der Waals surface area contributed by atoms with E-state index in [4.69, 9.17) is 23.7 Å². The van der Waals surface area contributed by atoms with Crippen molar-refractivity contribution in [2.24, 2.45) is 0 Å². The van der Waals surface area contributed by atoms with Crippen molar-refractivity contribution >= 4 is 21.5 Å². The molecule has 1 aliphatic rings. The number of hydrogen-bond acceptors (Lipinski definition) is 10. The van der Waals surface area contributed by atoms with Gasteiger partial charge in [-0.2, -0.15) is 0 Å². The Kier molecular flexibility index (Phi) is 6.37. The monoisotopic (exact) mass is 462 g/mol. The number of fused-ring (bicyclic) bond motifs is 3. The molecule has 0 amide bonds. The Hall–Kier alpha value is -3.02. The quantitative estimate of drug-likeness (QED) is 0.335. The number of phenolic OH excluding ortho intramolecular Hbond substituents is 1. The molecular weight excluding hydrogens is 436 g/mol. The molecule has 4 rings (SSSR count). The summed E-state index contributed by atoms with van der Waals surface area (Å²) in [6.07, 6.45) is -7.19. The van der Waals surface area contributed by atoms with E-state index in [1.54, 1.807) is 30.3 Å². The number of aliphatic hydroxyl groups excluding tert-OH is 4. The number of hydrogen-bond donors (Lipinski definition) is 5. The zero-order chi connectivity index (χ0) is 23.9. The molecule has 178 valence electrons. The van der Waals surface area contributed by atoms with Crippen molar-refractivity contribution in [2.45, 2.75) is 30.7 Å². The van der Waals surface area contributed by atoms with E-state index < -0.39 is 37.3 Å². The maximum atomic E-state index is 10.4. The minimum atomic E-state index is -1.59. The number of benzene rings is 3. The highest BCUT2D eigenvalue weighted by Gasteiger charge is 2.45. The molecule has 3 aromatic rings. The van der Waals surface area contributed by atoms with E-state index in [1.807, 2.05) is 0 Å². The lowest BCUT2D eigenvalue weighted by Crippen LogP contribution is -2.60. The van der Waals surface area contributed by atoms with Crippen molar-refractivity contribution in [1.29, 1.82) is 0 Å². The third-order valence-corrected chi connectivity index (χ3v) is 5.79. The molecule has 10 heteroatoms. The Morgan fingerprint density at radius 1 is 0.818 bits per heavy atom. The summed E-state index contributed by atoms with van der Waals surface area (Å²) in [5, 5.41) is 52.9. The van der Waals surface area contributed by atoms with Crippen LogP contribution in [-0.2, 0) is 4.74 Å². The second-order valence-corrected chi connectivity index (χ2v) is 7.67. The van der Waals surface area contributed by atoms with Gasteiger partial charge < -0.3 is 49.2 Å². The smallest absolute Gasteiger partial charge is 0.229 e. The molecule has 0 aromatic heterocycles. The first kappa shape index (κ1) is 23.1. The first-order valence-electron chi connectivity index (χ1n) is 10.2. The van der Waals surface area contributed by atoms with Crippen LogP contribution in [0.1, 0.15) is 0 Å². The molecular formula is C23H26O10. The lowest BCUT2D eigenvalue weighted by atomic mass is 9.98. The van der Waals surface area contributed by atoms with Crippen LogP contribution < -0.4 is 18.9 Å². The highest BCUT2D eigenvalue weighted by atomic mass is 16.7. The summed E-state index contributed by atoms with van der Waals surface area (Å²) < 4.78 is 27.8. The minimum absolute atomic E-state index is 0.00199. The molecule has 0 spiro atoms. The van der Waals surface area contributed by atoms with Gasteiger partial charge in [0.25, 0.3) is 0 Å². The van der Waals surface area contributed by atoms with Crippen molar-refractivity contribution in [3.8, 4) is 28.7 Å². The summed E-state index contributed by atoms with van der Waals surface area (Å²) in [5.41, 5.74) is 0. The van der Waals surface area contributed by atoms with Gasteiger partial charge in [0.05, 0.1) is 27.9 Å². The molecule has 0 radical (unpaired) electrons. The summed E-state index contributed by atoms with van der Waals surface area (Å²) in [6.45, 7) is -0.580. The Bertz CT molecular complexity index is 1160. The lowest BCUT2D eigenvalue weighted by Gasteiger charge is -2.39. The van der Waals surface area contributed by atoms with E-state index in [0.29, 0.717) is 16.5 Å². The zero-order valence-corrected chi connectivity index (χ0v) is 18.3. The summed E-state index contributed by atoms with van der Waals surface area (Å²) in [6, 6.07) is 8.52. The maximum absolute atomic E-state index is 10.4. The van der Waals surface area contributed by atoms with Crippen molar-refractivity contribution < 1.29 is 49.2 Å². The number of phenols is 1. The van der Waals surface area contributed by atoms with Crippen LogP contribution in [0, 0.1) is 0 Å². The highest BCUT2D eigenvalue weighted by Crippen LogP contribution is 2.48. The first-order valence-corrected chi connectivity index (χ1v) is 10.2. The van der Waals surface area contributed by atoms with Crippen molar-refractivity contribution in [3.63, 3.8) is 0 Å². The number of ether oxygens (including phenoxy) is 5. The number of rotatable bonds is 6. The predicted molar refractivity (Wildman–Crippen MR) is 117 cm³/mol. The van der Waals surface area contributed by atoms with Crippen LogP contribution in [0.4, 0.5) is 0 Å². The van der Waals surface area contributed by atoms with Crippen LogP contribution >= 0.6 is 0 Å². The molecule has 5 N–H and O–H groups in total. The average molecular weight is 462 g/mol. The summed E-state index contributed by atoms with van der Waals surface area (Å²) in [5.74, 6) is 0.959. The Morgan fingerprint density at radius 2 is 1.52 bits per heavy atom. The largest absolute Gasteiger partial charge is 0.504 e. The van der Waals surface area contributed by atoms with E-state index >= 15 is 0 Å². The Balaban J connectivity index is 1.86. The number of aromatic hydroxyl groups is 1. The number of aliphatic hydroxyl groups is 4. The molecule has 1 fully saturated rings. The second kappa shape index (κ2) is 9.08. The fourth-order valence-electron chi connectivity index (χ4n) is 4.09.